The van der Waals surface area contributed by atoms with Crippen LogP contribution in [0.5, 0.6) is 23.0 Å². The van der Waals surface area contributed by atoms with E-state index < -0.39 is 5.97 Å². The molecule has 4 aromatic rings. The van der Waals surface area contributed by atoms with Crippen molar-refractivity contribution >= 4 is 5.97 Å². The molecule has 4 rings (SSSR count). The molecule has 0 fully saturated rings. The molecule has 0 radical (unpaired) electrons. The quantitative estimate of drug-likeness (QED) is 0.353. The topological polar surface area (TPSA) is 92.9 Å². The molecule has 32 heavy (non-hydrogen) atoms. The molecule has 8 nitrogen and oxygen atoms in total. The first-order chi connectivity index (χ1) is 15.7. The van der Waals surface area contributed by atoms with Crippen LogP contribution in [0.1, 0.15) is 5.82 Å². The summed E-state index contributed by atoms with van der Waals surface area (Å²) in [6.07, 6.45) is 0. The highest BCUT2D eigenvalue weighted by Crippen LogP contribution is 2.24. The van der Waals surface area contributed by atoms with Gasteiger partial charge in [0.15, 0.2) is 13.2 Å². The summed E-state index contributed by atoms with van der Waals surface area (Å²) in [5.41, 5.74) is 0.735. The van der Waals surface area contributed by atoms with Gasteiger partial charge in [0.25, 0.3) is 5.89 Å². The van der Waals surface area contributed by atoms with Gasteiger partial charge in [-0.1, -0.05) is 23.4 Å². The number of hydrogen-bond donors (Lipinski definition) is 0. The lowest BCUT2D eigenvalue weighted by Gasteiger charge is -2.08. The van der Waals surface area contributed by atoms with E-state index in [1.165, 1.54) is 0 Å². The number of esters is 1. The summed E-state index contributed by atoms with van der Waals surface area (Å²) in [7, 11) is 1.59. The van der Waals surface area contributed by atoms with E-state index in [1.54, 1.807) is 55.6 Å². The zero-order valence-electron chi connectivity index (χ0n) is 17.3. The van der Waals surface area contributed by atoms with Gasteiger partial charge in [-0.05, 0) is 60.7 Å². The molecule has 1 aromatic heterocycles. The molecule has 162 valence electrons. The summed E-state index contributed by atoms with van der Waals surface area (Å²) < 4.78 is 26.6. The Kier molecular flexibility index (Phi) is 6.62. The van der Waals surface area contributed by atoms with Crippen LogP contribution in [-0.2, 0) is 16.1 Å². The average molecular weight is 432 g/mol. The van der Waals surface area contributed by atoms with Crippen molar-refractivity contribution in [1.82, 2.24) is 10.1 Å². The molecule has 0 amide bonds. The van der Waals surface area contributed by atoms with Gasteiger partial charge in [0, 0.05) is 5.56 Å². The second-order valence-electron chi connectivity index (χ2n) is 6.58. The fourth-order valence-corrected chi connectivity index (χ4v) is 2.72. The molecule has 0 bridgehead atoms. The van der Waals surface area contributed by atoms with E-state index in [1.807, 2.05) is 30.3 Å². The lowest BCUT2D eigenvalue weighted by molar-refractivity contribution is -0.147. The Labute approximate surface area is 184 Å². The minimum Gasteiger partial charge on any atom is -0.497 e. The van der Waals surface area contributed by atoms with Gasteiger partial charge >= 0.3 is 5.97 Å². The Morgan fingerprint density at radius 3 is 2.22 bits per heavy atom. The number of hydrogen-bond acceptors (Lipinski definition) is 8. The van der Waals surface area contributed by atoms with Crippen molar-refractivity contribution < 1.29 is 28.3 Å². The van der Waals surface area contributed by atoms with Crippen molar-refractivity contribution in [1.29, 1.82) is 0 Å². The van der Waals surface area contributed by atoms with Crippen molar-refractivity contribution in [3.05, 3.63) is 84.7 Å². The molecule has 0 saturated carbocycles. The van der Waals surface area contributed by atoms with Gasteiger partial charge in [-0.2, -0.15) is 4.98 Å². The summed E-state index contributed by atoms with van der Waals surface area (Å²) >= 11 is 0. The first-order valence-electron chi connectivity index (χ1n) is 9.78. The van der Waals surface area contributed by atoms with Crippen molar-refractivity contribution in [2.75, 3.05) is 13.7 Å². The molecule has 0 N–H and O–H groups in total. The Morgan fingerprint density at radius 2 is 1.50 bits per heavy atom. The number of carbonyl (C=O) groups excluding carboxylic acids is 1. The highest BCUT2D eigenvalue weighted by molar-refractivity contribution is 5.71. The van der Waals surface area contributed by atoms with Crippen LogP contribution in [0.25, 0.3) is 11.5 Å². The number of nitrogens with zero attached hydrogens (tertiary/aromatic N) is 2. The monoisotopic (exact) mass is 432 g/mol. The largest absolute Gasteiger partial charge is 0.497 e. The minimum absolute atomic E-state index is 0.119. The van der Waals surface area contributed by atoms with Crippen LogP contribution < -0.4 is 14.2 Å². The highest BCUT2D eigenvalue weighted by Gasteiger charge is 2.12. The third kappa shape index (κ3) is 5.63. The summed E-state index contributed by atoms with van der Waals surface area (Å²) in [6.45, 7) is -0.367. The van der Waals surface area contributed by atoms with Crippen LogP contribution in [0.4, 0.5) is 0 Å². The van der Waals surface area contributed by atoms with E-state index >= 15 is 0 Å². The lowest BCUT2D eigenvalue weighted by atomic mass is 10.2. The van der Waals surface area contributed by atoms with E-state index in [0.717, 1.165) is 17.1 Å². The highest BCUT2D eigenvalue weighted by atomic mass is 16.6. The number of methoxy groups -OCH3 is 1. The Bertz CT molecular complexity index is 1140. The Morgan fingerprint density at radius 1 is 0.844 bits per heavy atom. The van der Waals surface area contributed by atoms with Crippen molar-refractivity contribution in [3.63, 3.8) is 0 Å². The molecule has 0 saturated heterocycles. The van der Waals surface area contributed by atoms with Crippen LogP contribution in [0.3, 0.4) is 0 Å². The summed E-state index contributed by atoms with van der Waals surface area (Å²) in [6, 6.07) is 23.6. The predicted octanol–water partition coefficient (Wildman–Crippen LogP) is 4.66. The molecular weight excluding hydrogens is 412 g/mol. The SMILES string of the molecule is COc1ccc(-c2nc(COC(=O)COc3ccc(Oc4ccccc4)cc3)no2)cc1. The number of aromatic nitrogens is 2. The molecule has 0 unspecified atom stereocenters. The standard InChI is InChI=1S/C24H20N2O6/c1-28-18-9-7-17(8-10-18)24-25-22(26-32-24)15-30-23(27)16-29-19-11-13-21(14-12-19)31-20-5-3-2-4-6-20/h2-14H,15-16H2,1H3. The summed E-state index contributed by atoms with van der Waals surface area (Å²) in [5, 5.41) is 3.82. The first kappa shape index (κ1) is 20.9. The minimum atomic E-state index is -0.551. The number of carbonyl (C=O) groups is 1. The van der Waals surface area contributed by atoms with Crippen molar-refractivity contribution in [3.8, 4) is 34.5 Å². The van der Waals surface area contributed by atoms with Crippen LogP contribution in [0, 0.1) is 0 Å². The molecule has 0 atom stereocenters. The zero-order chi connectivity index (χ0) is 22.2. The Hall–Kier alpha value is -4.33. The molecule has 3 aromatic carbocycles. The van der Waals surface area contributed by atoms with Gasteiger partial charge in [0.05, 0.1) is 7.11 Å². The van der Waals surface area contributed by atoms with Crippen LogP contribution in [0.15, 0.2) is 83.4 Å². The predicted molar refractivity (Wildman–Crippen MR) is 115 cm³/mol. The summed E-state index contributed by atoms with van der Waals surface area (Å²) in [5.74, 6) is 2.67. The molecular formula is C24H20N2O6. The van der Waals surface area contributed by atoms with Gasteiger partial charge in [0.1, 0.15) is 23.0 Å². The fraction of sp³-hybridized carbons (Fsp3) is 0.125. The molecule has 8 heteroatoms. The van der Waals surface area contributed by atoms with E-state index in [9.17, 15) is 4.79 Å². The van der Waals surface area contributed by atoms with Crippen LogP contribution >= 0.6 is 0 Å². The number of ether oxygens (including phenoxy) is 4. The number of rotatable bonds is 9. The lowest BCUT2D eigenvalue weighted by Crippen LogP contribution is -2.15. The second kappa shape index (κ2) is 10.1. The van der Waals surface area contributed by atoms with Gasteiger partial charge in [-0.3, -0.25) is 0 Å². The van der Waals surface area contributed by atoms with Crippen LogP contribution in [-0.4, -0.2) is 29.8 Å². The maximum Gasteiger partial charge on any atom is 0.344 e. The van der Waals surface area contributed by atoms with Crippen molar-refractivity contribution in [2.24, 2.45) is 0 Å². The Balaban J connectivity index is 1.22. The van der Waals surface area contributed by atoms with E-state index in [4.69, 9.17) is 23.5 Å². The number of benzene rings is 3. The average Bonchev–Trinajstić information content (AvgIpc) is 3.32. The second-order valence-corrected chi connectivity index (χ2v) is 6.58. The molecule has 0 aliphatic rings. The fourth-order valence-electron chi connectivity index (χ4n) is 2.72. The zero-order valence-corrected chi connectivity index (χ0v) is 17.3. The molecule has 0 aliphatic carbocycles. The van der Waals surface area contributed by atoms with Gasteiger partial charge in [-0.15, -0.1) is 0 Å². The number of para-hydroxylation sites is 1. The maximum absolute atomic E-state index is 12.0. The van der Waals surface area contributed by atoms with Gasteiger partial charge in [-0.25, -0.2) is 4.79 Å². The van der Waals surface area contributed by atoms with Crippen LogP contribution in [0.2, 0.25) is 0 Å². The molecule has 1 heterocycles. The van der Waals surface area contributed by atoms with Gasteiger partial charge in [0.2, 0.25) is 5.82 Å². The third-order valence-corrected chi connectivity index (χ3v) is 4.33. The van der Waals surface area contributed by atoms with E-state index in [2.05, 4.69) is 10.1 Å². The summed E-state index contributed by atoms with van der Waals surface area (Å²) in [4.78, 5) is 16.2. The van der Waals surface area contributed by atoms with E-state index in [0.29, 0.717) is 17.4 Å². The van der Waals surface area contributed by atoms with Gasteiger partial charge < -0.3 is 23.5 Å². The third-order valence-electron chi connectivity index (χ3n) is 4.33. The normalized spacial score (nSPS) is 10.4. The maximum atomic E-state index is 12.0. The van der Waals surface area contributed by atoms with Crippen molar-refractivity contribution in [2.45, 2.75) is 6.61 Å². The van der Waals surface area contributed by atoms with E-state index in [-0.39, 0.29) is 19.0 Å². The molecule has 0 aliphatic heterocycles. The first-order valence-corrected chi connectivity index (χ1v) is 9.78. The smallest absolute Gasteiger partial charge is 0.344 e. The molecule has 0 spiro atoms.